The summed E-state index contributed by atoms with van der Waals surface area (Å²) in [5.41, 5.74) is -0.418. The summed E-state index contributed by atoms with van der Waals surface area (Å²) in [5.74, 6) is -4.46. The van der Waals surface area contributed by atoms with Gasteiger partial charge in [-0.1, -0.05) is 0 Å². The lowest BCUT2D eigenvalue weighted by Gasteiger charge is -2.23. The molecule has 4 atom stereocenters. The van der Waals surface area contributed by atoms with E-state index in [4.69, 9.17) is 14.3 Å². The highest BCUT2D eigenvalue weighted by Gasteiger charge is 2.38. The van der Waals surface area contributed by atoms with E-state index in [9.17, 15) is 45.0 Å². The van der Waals surface area contributed by atoms with Gasteiger partial charge in [-0.05, 0) is 24.3 Å². The number of aliphatic hydroxyl groups excluding tert-OH is 4. The smallest absolute Gasteiger partial charge is 0.343 e. The van der Waals surface area contributed by atoms with E-state index in [1.54, 1.807) is 0 Å². The summed E-state index contributed by atoms with van der Waals surface area (Å²) in [6.07, 6.45) is -9.79. The number of phenols is 2. The second-order valence-corrected chi connectivity index (χ2v) is 6.97. The van der Waals surface area contributed by atoms with Gasteiger partial charge in [-0.3, -0.25) is 4.79 Å². The van der Waals surface area contributed by atoms with E-state index >= 15 is 0 Å². The average molecular weight is 462 g/mol. The van der Waals surface area contributed by atoms with E-state index in [0.29, 0.717) is 5.56 Å². The Hall–Kier alpha value is -3.97. The highest BCUT2D eigenvalue weighted by Crippen LogP contribution is 2.31. The molecule has 33 heavy (non-hydrogen) atoms. The summed E-state index contributed by atoms with van der Waals surface area (Å²) in [6.45, 7) is 0. The molecule has 174 valence electrons. The molecule has 0 aliphatic heterocycles. The van der Waals surface area contributed by atoms with Crippen molar-refractivity contribution in [1.29, 1.82) is 0 Å². The predicted octanol–water partition coefficient (Wildman–Crippen LogP) is -0.695. The first-order valence-corrected chi connectivity index (χ1v) is 9.26. The lowest BCUT2D eigenvalue weighted by molar-refractivity contribution is -0.171. The number of benzene rings is 2. The molecule has 1 heterocycles. The van der Waals surface area contributed by atoms with Crippen molar-refractivity contribution in [3.63, 3.8) is 0 Å². The molecule has 0 bridgehead atoms. The fourth-order valence-corrected chi connectivity index (χ4v) is 2.91. The molecule has 2 aromatic carbocycles. The van der Waals surface area contributed by atoms with Crippen LogP contribution in [0.2, 0.25) is 0 Å². The summed E-state index contributed by atoms with van der Waals surface area (Å²) < 4.78 is 10.4. The van der Waals surface area contributed by atoms with E-state index in [-0.39, 0.29) is 22.5 Å². The first-order valence-electron chi connectivity index (χ1n) is 9.26. The number of fused-ring (bicyclic) bond motifs is 1. The fraction of sp³-hybridized carbons (Fsp3) is 0.190. The van der Waals surface area contributed by atoms with Crippen molar-refractivity contribution in [1.82, 2.24) is 0 Å². The van der Waals surface area contributed by atoms with Crippen molar-refractivity contribution in [3.8, 4) is 28.6 Å². The molecular weight excluding hydrogens is 444 g/mol. The molecule has 0 spiro atoms. The molecule has 0 saturated heterocycles. The van der Waals surface area contributed by atoms with Gasteiger partial charge in [0.1, 0.15) is 46.2 Å². The van der Waals surface area contributed by atoms with Gasteiger partial charge < -0.3 is 44.9 Å². The van der Waals surface area contributed by atoms with Crippen LogP contribution in [-0.2, 0) is 9.59 Å². The minimum atomic E-state index is -2.49. The molecule has 12 nitrogen and oxygen atoms in total. The van der Waals surface area contributed by atoms with E-state index in [0.717, 1.165) is 18.2 Å². The number of carboxylic acid groups (broad SMARTS) is 1. The first kappa shape index (κ1) is 23.7. The number of aliphatic hydroxyl groups is 4. The summed E-state index contributed by atoms with van der Waals surface area (Å²) in [6, 6.07) is 8.67. The number of carbonyl (C=O) groups excluding carboxylic acids is 1. The predicted molar refractivity (Wildman–Crippen MR) is 109 cm³/mol. The normalized spacial score (nSPS) is 14.9. The third kappa shape index (κ3) is 4.94. The SMILES string of the molecule is O=C(O)[C@@H](O)[C@@H](O)[C@H](O)[C@@H](O)C(=O)Oc1cc(O)c2c(=O)cc(-c3ccc(O)cc3)oc2c1. The minimum absolute atomic E-state index is 0.0181. The maximum atomic E-state index is 12.4. The van der Waals surface area contributed by atoms with Crippen LogP contribution < -0.4 is 10.2 Å². The Kier molecular flexibility index (Phi) is 6.65. The zero-order valence-electron chi connectivity index (χ0n) is 16.5. The van der Waals surface area contributed by atoms with Gasteiger partial charge in [-0.25, -0.2) is 9.59 Å². The number of hydrogen-bond acceptors (Lipinski definition) is 11. The van der Waals surface area contributed by atoms with Gasteiger partial charge in [-0.2, -0.15) is 0 Å². The molecule has 0 aliphatic rings. The van der Waals surface area contributed by atoms with E-state index in [2.05, 4.69) is 0 Å². The molecule has 1 aromatic heterocycles. The van der Waals surface area contributed by atoms with Crippen LogP contribution in [0.4, 0.5) is 0 Å². The number of aliphatic carboxylic acids is 1. The Labute approximate surface area is 183 Å². The van der Waals surface area contributed by atoms with Crippen LogP contribution in [0.1, 0.15) is 0 Å². The van der Waals surface area contributed by atoms with Crippen molar-refractivity contribution in [2.75, 3.05) is 0 Å². The van der Waals surface area contributed by atoms with Crippen LogP contribution in [0.25, 0.3) is 22.3 Å². The van der Waals surface area contributed by atoms with Gasteiger partial charge in [0.05, 0.1) is 0 Å². The second kappa shape index (κ2) is 9.26. The van der Waals surface area contributed by atoms with Gasteiger partial charge in [0, 0.05) is 23.8 Å². The van der Waals surface area contributed by atoms with Crippen LogP contribution >= 0.6 is 0 Å². The number of esters is 1. The molecule has 0 radical (unpaired) electrons. The summed E-state index contributed by atoms with van der Waals surface area (Å²) >= 11 is 0. The molecule has 7 N–H and O–H groups in total. The third-order valence-electron chi connectivity index (χ3n) is 4.65. The number of carboxylic acids is 1. The van der Waals surface area contributed by atoms with Gasteiger partial charge in [0.25, 0.3) is 0 Å². The molecule has 0 fully saturated rings. The Balaban J connectivity index is 1.90. The molecule has 3 rings (SSSR count). The van der Waals surface area contributed by atoms with E-state index in [1.165, 1.54) is 24.3 Å². The lowest BCUT2D eigenvalue weighted by Crippen LogP contribution is -2.50. The zero-order chi connectivity index (χ0) is 24.4. The van der Waals surface area contributed by atoms with Crippen molar-refractivity contribution in [2.24, 2.45) is 0 Å². The Morgan fingerprint density at radius 3 is 2.09 bits per heavy atom. The highest BCUT2D eigenvalue weighted by atomic mass is 16.6. The number of rotatable bonds is 7. The van der Waals surface area contributed by atoms with Gasteiger partial charge in [0.15, 0.2) is 17.6 Å². The van der Waals surface area contributed by atoms with Gasteiger partial charge in [-0.15, -0.1) is 0 Å². The van der Waals surface area contributed by atoms with E-state index < -0.39 is 53.3 Å². The topological polar surface area (TPSA) is 215 Å². The average Bonchev–Trinajstić information content (AvgIpc) is 2.76. The Morgan fingerprint density at radius 2 is 1.48 bits per heavy atom. The maximum Gasteiger partial charge on any atom is 0.343 e. The van der Waals surface area contributed by atoms with Crippen molar-refractivity contribution in [2.45, 2.75) is 24.4 Å². The van der Waals surface area contributed by atoms with Crippen LogP contribution in [0, 0.1) is 0 Å². The fourth-order valence-electron chi connectivity index (χ4n) is 2.91. The quantitative estimate of drug-likeness (QED) is 0.171. The monoisotopic (exact) mass is 462 g/mol. The zero-order valence-corrected chi connectivity index (χ0v) is 16.5. The molecule has 3 aromatic rings. The number of aromatic hydroxyl groups is 2. The number of phenolic OH excluding ortho intramolecular Hbond substituents is 2. The molecular formula is C21H18O12. The van der Waals surface area contributed by atoms with Crippen LogP contribution in [0.5, 0.6) is 17.2 Å². The Bertz CT molecular complexity index is 1250. The maximum absolute atomic E-state index is 12.4. The summed E-state index contributed by atoms with van der Waals surface area (Å²) in [4.78, 5) is 35.2. The van der Waals surface area contributed by atoms with E-state index in [1.807, 2.05) is 0 Å². The molecule has 0 aliphatic carbocycles. The number of hydrogen-bond donors (Lipinski definition) is 7. The minimum Gasteiger partial charge on any atom is -0.508 e. The largest absolute Gasteiger partial charge is 0.508 e. The molecule has 0 saturated carbocycles. The highest BCUT2D eigenvalue weighted by molar-refractivity contribution is 5.87. The van der Waals surface area contributed by atoms with Gasteiger partial charge >= 0.3 is 11.9 Å². The standard InChI is InChI=1S/C21H18O12/c22-9-3-1-8(2-4-9)13-7-12(24)15-11(23)5-10(6-14(15)33-13)32-21(31)19(28)17(26)16(25)18(27)20(29)30/h1-7,16-19,22-23,25-28H,(H,29,30)/t16-,17-,18-,19+/m0/s1. The van der Waals surface area contributed by atoms with Crippen LogP contribution in [0.3, 0.4) is 0 Å². The van der Waals surface area contributed by atoms with Crippen molar-refractivity contribution < 1.29 is 54.5 Å². The Morgan fingerprint density at radius 1 is 0.879 bits per heavy atom. The first-order chi connectivity index (χ1) is 15.5. The van der Waals surface area contributed by atoms with Gasteiger partial charge in [0.2, 0.25) is 0 Å². The van der Waals surface area contributed by atoms with Crippen molar-refractivity contribution >= 4 is 22.9 Å². The second-order valence-electron chi connectivity index (χ2n) is 6.97. The molecule has 0 unspecified atom stereocenters. The van der Waals surface area contributed by atoms with Crippen LogP contribution in [-0.4, -0.2) is 72.1 Å². The summed E-state index contributed by atoms with van der Waals surface area (Å²) in [7, 11) is 0. The molecule has 12 heteroatoms. The third-order valence-corrected chi connectivity index (χ3v) is 4.65. The number of carbonyl (C=O) groups is 2. The number of ether oxygens (including phenoxy) is 1. The van der Waals surface area contributed by atoms with Crippen molar-refractivity contribution in [3.05, 3.63) is 52.7 Å². The lowest BCUT2D eigenvalue weighted by atomic mass is 10.0. The molecule has 0 amide bonds. The van der Waals surface area contributed by atoms with Crippen LogP contribution in [0.15, 0.2) is 51.7 Å². The summed E-state index contributed by atoms with van der Waals surface area (Å²) in [5, 5.41) is 66.4.